The Balaban J connectivity index is 1.65. The van der Waals surface area contributed by atoms with Crippen molar-refractivity contribution in [3.8, 4) is 22.4 Å². The molecule has 3 aromatic carbocycles. The minimum Gasteiger partial charge on any atom is -0.456 e. The van der Waals surface area contributed by atoms with E-state index in [1.165, 1.54) is 65.7 Å². The van der Waals surface area contributed by atoms with Crippen LogP contribution >= 0.6 is 0 Å². The Kier molecular flexibility index (Phi) is 6.07. The molecule has 0 bridgehead atoms. The minimum absolute atomic E-state index is 0.620. The highest BCUT2D eigenvalue weighted by Gasteiger charge is 2.28. The van der Waals surface area contributed by atoms with Gasteiger partial charge >= 0.3 is 0 Å². The second-order valence-electron chi connectivity index (χ2n) is 11.1. The molecule has 1 saturated carbocycles. The Morgan fingerprint density at radius 3 is 2.16 bits per heavy atom. The highest BCUT2D eigenvalue weighted by molar-refractivity contribution is 6.15. The SMILES string of the molecule is [C-]#[N+]c1ccc2c(oc3c(-c4cc(C5CCCCC5)c(C)c(C)[n+]4C)c(C)ccc32)c1-c1ccc(C)cc1. The largest absolute Gasteiger partial charge is 0.456 e. The van der Waals surface area contributed by atoms with Gasteiger partial charge in [-0.05, 0) is 56.2 Å². The molecule has 6 rings (SSSR count). The number of hydrogen-bond donors (Lipinski definition) is 0. The fraction of sp³-hybridized carbons (Fsp3) is 0.314. The van der Waals surface area contributed by atoms with Crippen molar-refractivity contribution < 1.29 is 8.98 Å². The van der Waals surface area contributed by atoms with Gasteiger partial charge in [0, 0.05) is 34.9 Å². The van der Waals surface area contributed by atoms with Gasteiger partial charge in [0.2, 0.25) is 5.69 Å². The van der Waals surface area contributed by atoms with Crippen LogP contribution in [0.2, 0.25) is 0 Å². The average Bonchev–Trinajstić information content (AvgIpc) is 3.31. The number of nitrogens with zero attached hydrogens (tertiary/aromatic N) is 2. The fourth-order valence-electron chi connectivity index (χ4n) is 6.47. The molecular formula is C35H35N2O+. The van der Waals surface area contributed by atoms with Crippen LogP contribution in [-0.2, 0) is 7.05 Å². The van der Waals surface area contributed by atoms with Crippen LogP contribution in [0, 0.1) is 34.3 Å². The van der Waals surface area contributed by atoms with E-state index in [0.29, 0.717) is 11.6 Å². The van der Waals surface area contributed by atoms with E-state index in [-0.39, 0.29) is 0 Å². The standard InChI is InChI=1S/C35H35N2O/c1-21-12-15-26(16-13-21)33-30(36-5)19-18-28-27-17-14-22(2)32(34(27)38-35(28)33)31-20-29(23(3)24(4)37(31)6)25-10-8-7-9-11-25/h12-20,25H,7-11H2,1-4,6H3/q+1. The zero-order chi connectivity index (χ0) is 26.6. The average molecular weight is 500 g/mol. The maximum atomic E-state index is 7.87. The first-order chi connectivity index (χ1) is 18.4. The summed E-state index contributed by atoms with van der Waals surface area (Å²) in [6.45, 7) is 16.7. The van der Waals surface area contributed by atoms with Gasteiger partial charge in [-0.25, -0.2) is 4.85 Å². The van der Waals surface area contributed by atoms with Gasteiger partial charge in [0.05, 0.1) is 12.1 Å². The number of aromatic nitrogens is 1. The van der Waals surface area contributed by atoms with E-state index in [4.69, 9.17) is 11.0 Å². The second-order valence-corrected chi connectivity index (χ2v) is 11.1. The zero-order valence-electron chi connectivity index (χ0n) is 23.1. The molecule has 1 aliphatic rings. The molecule has 38 heavy (non-hydrogen) atoms. The molecule has 0 saturated heterocycles. The highest BCUT2D eigenvalue weighted by atomic mass is 16.3. The van der Waals surface area contributed by atoms with Crippen molar-refractivity contribution in [3.63, 3.8) is 0 Å². The van der Waals surface area contributed by atoms with E-state index in [0.717, 1.165) is 38.6 Å². The lowest BCUT2D eigenvalue weighted by molar-refractivity contribution is -0.667. The first-order valence-electron chi connectivity index (χ1n) is 13.8. The lowest BCUT2D eigenvalue weighted by Gasteiger charge is -2.24. The van der Waals surface area contributed by atoms with Crippen LogP contribution in [0.4, 0.5) is 5.69 Å². The van der Waals surface area contributed by atoms with Crippen molar-refractivity contribution in [2.24, 2.45) is 7.05 Å². The van der Waals surface area contributed by atoms with Crippen molar-refractivity contribution in [2.75, 3.05) is 0 Å². The van der Waals surface area contributed by atoms with Gasteiger partial charge < -0.3 is 4.42 Å². The van der Waals surface area contributed by atoms with E-state index >= 15 is 0 Å². The van der Waals surface area contributed by atoms with Gasteiger partial charge in [-0.15, -0.1) is 0 Å². The van der Waals surface area contributed by atoms with Gasteiger partial charge in [0.25, 0.3) is 0 Å². The Morgan fingerprint density at radius 2 is 1.47 bits per heavy atom. The maximum Gasteiger partial charge on any atom is 0.216 e. The molecule has 0 atom stereocenters. The molecule has 3 heteroatoms. The molecule has 0 amide bonds. The minimum atomic E-state index is 0.620. The normalized spacial score (nSPS) is 14.3. The molecular weight excluding hydrogens is 464 g/mol. The molecule has 0 unspecified atom stereocenters. The molecule has 5 aromatic rings. The number of benzene rings is 3. The smallest absolute Gasteiger partial charge is 0.216 e. The van der Waals surface area contributed by atoms with Gasteiger partial charge in [0.15, 0.2) is 11.4 Å². The molecule has 2 aromatic heterocycles. The summed E-state index contributed by atoms with van der Waals surface area (Å²) < 4.78 is 9.17. The van der Waals surface area contributed by atoms with Crippen LogP contribution in [0.15, 0.2) is 59.0 Å². The van der Waals surface area contributed by atoms with Crippen LogP contribution < -0.4 is 4.57 Å². The quantitative estimate of drug-likeness (QED) is 0.179. The number of pyridine rings is 1. The number of fused-ring (bicyclic) bond motifs is 3. The molecule has 0 spiro atoms. The molecule has 3 nitrogen and oxygen atoms in total. The Bertz CT molecular complexity index is 1740. The maximum absolute atomic E-state index is 7.87. The monoisotopic (exact) mass is 499 g/mol. The molecule has 1 aliphatic carbocycles. The summed E-state index contributed by atoms with van der Waals surface area (Å²) in [5, 5.41) is 2.16. The van der Waals surface area contributed by atoms with Crippen LogP contribution in [-0.4, -0.2) is 0 Å². The molecule has 0 radical (unpaired) electrons. The predicted octanol–water partition coefficient (Wildman–Crippen LogP) is 9.58. The summed E-state index contributed by atoms with van der Waals surface area (Å²) in [5.41, 5.74) is 13.2. The second kappa shape index (κ2) is 9.44. The summed E-state index contributed by atoms with van der Waals surface area (Å²) in [5.74, 6) is 0.631. The molecule has 0 aliphatic heterocycles. The van der Waals surface area contributed by atoms with E-state index in [1.54, 1.807) is 0 Å². The topological polar surface area (TPSA) is 21.4 Å². The first kappa shape index (κ1) is 24.4. The van der Waals surface area contributed by atoms with E-state index in [2.05, 4.69) is 92.7 Å². The molecule has 2 heterocycles. The lowest BCUT2D eigenvalue weighted by Crippen LogP contribution is -2.36. The number of rotatable bonds is 3. The van der Waals surface area contributed by atoms with Crippen molar-refractivity contribution >= 4 is 27.6 Å². The van der Waals surface area contributed by atoms with Crippen LogP contribution in [0.5, 0.6) is 0 Å². The summed E-state index contributed by atoms with van der Waals surface area (Å²) in [4.78, 5) is 3.87. The Hall–Kier alpha value is -3.90. The van der Waals surface area contributed by atoms with Crippen LogP contribution in [0.25, 0.3) is 49.2 Å². The fourth-order valence-corrected chi connectivity index (χ4v) is 6.47. The van der Waals surface area contributed by atoms with E-state index < -0.39 is 0 Å². The van der Waals surface area contributed by atoms with Crippen molar-refractivity contribution in [1.82, 2.24) is 0 Å². The number of furan rings is 1. The zero-order valence-corrected chi connectivity index (χ0v) is 23.1. The Labute approximate surface area is 225 Å². The summed E-state index contributed by atoms with van der Waals surface area (Å²) >= 11 is 0. The summed E-state index contributed by atoms with van der Waals surface area (Å²) in [6.07, 6.45) is 6.56. The van der Waals surface area contributed by atoms with Crippen LogP contribution in [0.3, 0.4) is 0 Å². The van der Waals surface area contributed by atoms with Gasteiger partial charge in [0.1, 0.15) is 18.2 Å². The highest BCUT2D eigenvalue weighted by Crippen LogP contribution is 2.45. The molecule has 190 valence electrons. The number of aryl methyl sites for hydroxylation is 2. The lowest BCUT2D eigenvalue weighted by atomic mass is 9.81. The van der Waals surface area contributed by atoms with Gasteiger partial charge in [-0.2, -0.15) is 4.57 Å². The van der Waals surface area contributed by atoms with E-state index in [9.17, 15) is 0 Å². The van der Waals surface area contributed by atoms with Crippen molar-refractivity contribution in [3.05, 3.63) is 94.0 Å². The summed E-state index contributed by atoms with van der Waals surface area (Å²) in [7, 11) is 2.18. The van der Waals surface area contributed by atoms with Gasteiger partial charge in [-0.1, -0.05) is 73.4 Å². The third kappa shape index (κ3) is 3.82. The first-order valence-corrected chi connectivity index (χ1v) is 13.8. The van der Waals surface area contributed by atoms with Crippen molar-refractivity contribution in [2.45, 2.75) is 65.7 Å². The molecule has 1 fully saturated rings. The third-order valence-corrected chi connectivity index (χ3v) is 8.89. The summed E-state index contributed by atoms with van der Waals surface area (Å²) in [6, 6.07) is 19.2. The molecule has 0 N–H and O–H groups in total. The van der Waals surface area contributed by atoms with Crippen molar-refractivity contribution in [1.29, 1.82) is 0 Å². The van der Waals surface area contributed by atoms with E-state index in [1.807, 2.05) is 6.07 Å². The Morgan fingerprint density at radius 1 is 0.816 bits per heavy atom. The predicted molar refractivity (Wildman–Crippen MR) is 157 cm³/mol. The number of hydrogen-bond acceptors (Lipinski definition) is 1. The van der Waals surface area contributed by atoms with Gasteiger partial charge in [-0.3, -0.25) is 0 Å². The van der Waals surface area contributed by atoms with Crippen LogP contribution in [0.1, 0.15) is 66.0 Å². The third-order valence-electron chi connectivity index (χ3n) is 8.89.